The molecule has 0 aliphatic heterocycles. The van der Waals surface area contributed by atoms with Gasteiger partial charge in [-0.3, -0.25) is 9.10 Å². The zero-order valence-electron chi connectivity index (χ0n) is 14.8. The van der Waals surface area contributed by atoms with Crippen LogP contribution in [0.15, 0.2) is 48.5 Å². The summed E-state index contributed by atoms with van der Waals surface area (Å²) < 4.78 is 30.9. The Balaban J connectivity index is 2.20. The van der Waals surface area contributed by atoms with Crippen LogP contribution in [0.4, 0.5) is 11.4 Å². The number of halogens is 1. The van der Waals surface area contributed by atoms with Crippen LogP contribution in [0.5, 0.6) is 5.75 Å². The predicted molar refractivity (Wildman–Crippen MR) is 104 cm³/mol. The van der Waals surface area contributed by atoms with Gasteiger partial charge in [0.1, 0.15) is 11.8 Å². The van der Waals surface area contributed by atoms with Crippen molar-refractivity contribution in [2.24, 2.45) is 0 Å². The summed E-state index contributed by atoms with van der Waals surface area (Å²) in [6.45, 7) is 3.96. The van der Waals surface area contributed by atoms with Crippen molar-refractivity contribution in [3.63, 3.8) is 0 Å². The summed E-state index contributed by atoms with van der Waals surface area (Å²) in [5, 5.41) is 3.20. The van der Waals surface area contributed by atoms with Crippen LogP contribution in [-0.2, 0) is 14.8 Å². The van der Waals surface area contributed by atoms with Gasteiger partial charge in [-0.05, 0) is 62.4 Å². The summed E-state index contributed by atoms with van der Waals surface area (Å²) in [5.74, 6) is 0.243. The molecule has 0 aliphatic rings. The number of nitrogens with zero attached hydrogens (tertiary/aromatic N) is 1. The average Bonchev–Trinajstić information content (AvgIpc) is 2.57. The van der Waals surface area contributed by atoms with Gasteiger partial charge in [-0.25, -0.2) is 8.42 Å². The van der Waals surface area contributed by atoms with Gasteiger partial charge in [0.15, 0.2) is 0 Å². The first kappa shape index (κ1) is 20.1. The molecule has 0 heterocycles. The number of carbonyl (C=O) groups excluding carboxylic acids is 1. The summed E-state index contributed by atoms with van der Waals surface area (Å²) in [6.07, 6.45) is 1.06. The second-order valence-electron chi connectivity index (χ2n) is 5.66. The van der Waals surface area contributed by atoms with Gasteiger partial charge in [-0.1, -0.05) is 11.6 Å². The van der Waals surface area contributed by atoms with Crippen molar-refractivity contribution in [2.45, 2.75) is 19.9 Å². The maximum atomic E-state index is 12.6. The fourth-order valence-electron chi connectivity index (χ4n) is 2.44. The lowest BCUT2D eigenvalue weighted by Crippen LogP contribution is -2.45. The highest BCUT2D eigenvalue weighted by atomic mass is 35.5. The number of amides is 1. The minimum atomic E-state index is -3.67. The van der Waals surface area contributed by atoms with Crippen molar-refractivity contribution in [3.8, 4) is 5.75 Å². The van der Waals surface area contributed by atoms with Gasteiger partial charge in [0.05, 0.1) is 18.6 Å². The van der Waals surface area contributed by atoms with E-state index in [-0.39, 0.29) is 0 Å². The highest BCUT2D eigenvalue weighted by Crippen LogP contribution is 2.24. The fourth-order valence-corrected chi connectivity index (χ4v) is 3.75. The molecule has 0 unspecified atom stereocenters. The van der Waals surface area contributed by atoms with Gasteiger partial charge in [-0.15, -0.1) is 0 Å². The van der Waals surface area contributed by atoms with E-state index in [1.165, 1.54) is 6.92 Å². The number of rotatable bonds is 7. The summed E-state index contributed by atoms with van der Waals surface area (Å²) >= 11 is 5.86. The Hall–Kier alpha value is -2.25. The third-order valence-electron chi connectivity index (χ3n) is 3.60. The van der Waals surface area contributed by atoms with Crippen LogP contribution in [-0.4, -0.2) is 33.2 Å². The van der Waals surface area contributed by atoms with E-state index in [1.807, 2.05) is 6.92 Å². The van der Waals surface area contributed by atoms with Crippen LogP contribution >= 0.6 is 11.6 Å². The van der Waals surface area contributed by atoms with Crippen molar-refractivity contribution in [2.75, 3.05) is 22.5 Å². The van der Waals surface area contributed by atoms with E-state index in [0.717, 1.165) is 10.6 Å². The normalized spacial score (nSPS) is 12.3. The third kappa shape index (κ3) is 5.12. The lowest BCUT2D eigenvalue weighted by Gasteiger charge is -2.28. The topological polar surface area (TPSA) is 75.7 Å². The van der Waals surface area contributed by atoms with Gasteiger partial charge in [0.2, 0.25) is 15.9 Å². The minimum Gasteiger partial charge on any atom is -0.494 e. The number of nitrogens with one attached hydrogen (secondary N) is 1. The van der Waals surface area contributed by atoms with Gasteiger partial charge < -0.3 is 10.1 Å². The number of hydrogen-bond donors (Lipinski definition) is 1. The molecule has 6 nitrogen and oxygen atoms in total. The molecule has 0 bridgehead atoms. The Bertz CT molecular complexity index is 852. The molecule has 2 aromatic carbocycles. The molecule has 2 rings (SSSR count). The Kier molecular flexibility index (Phi) is 6.50. The van der Waals surface area contributed by atoms with Crippen LogP contribution < -0.4 is 14.4 Å². The molecule has 1 amide bonds. The highest BCUT2D eigenvalue weighted by Gasteiger charge is 2.29. The second kappa shape index (κ2) is 8.42. The van der Waals surface area contributed by atoms with E-state index in [1.54, 1.807) is 48.5 Å². The molecule has 0 saturated carbocycles. The number of sulfonamides is 1. The van der Waals surface area contributed by atoms with E-state index >= 15 is 0 Å². The van der Waals surface area contributed by atoms with Crippen LogP contribution in [0.1, 0.15) is 13.8 Å². The minimum absolute atomic E-state index is 0.367. The number of carbonyl (C=O) groups is 1. The zero-order valence-corrected chi connectivity index (χ0v) is 16.3. The molecule has 0 fully saturated rings. The van der Waals surface area contributed by atoms with Crippen molar-refractivity contribution in [3.05, 3.63) is 53.6 Å². The van der Waals surface area contributed by atoms with Crippen LogP contribution in [0.2, 0.25) is 5.02 Å². The standard InChI is InChI=1S/C18H21ClN2O4S/c1-4-25-17-11-7-15(8-12-17)20-18(22)13(2)21(26(3,23)24)16-9-5-14(19)6-10-16/h5-13H,4H2,1-3H3,(H,20,22)/t13-/m0/s1. The van der Waals surface area contributed by atoms with Crippen LogP contribution in [0.25, 0.3) is 0 Å². The number of hydrogen-bond acceptors (Lipinski definition) is 4. The molecule has 1 atom stereocenters. The fraction of sp³-hybridized carbons (Fsp3) is 0.278. The molecule has 0 aliphatic carbocycles. The summed E-state index contributed by atoms with van der Waals surface area (Å²) in [4.78, 5) is 12.6. The molecule has 8 heteroatoms. The summed E-state index contributed by atoms with van der Waals surface area (Å²) in [6, 6.07) is 12.2. The van der Waals surface area contributed by atoms with E-state index in [9.17, 15) is 13.2 Å². The number of anilines is 2. The van der Waals surface area contributed by atoms with Crippen molar-refractivity contribution in [1.29, 1.82) is 0 Å². The van der Waals surface area contributed by atoms with E-state index in [0.29, 0.717) is 28.8 Å². The second-order valence-corrected chi connectivity index (χ2v) is 7.95. The maximum absolute atomic E-state index is 12.6. The van der Waals surface area contributed by atoms with E-state index in [4.69, 9.17) is 16.3 Å². The van der Waals surface area contributed by atoms with E-state index < -0.39 is 22.0 Å². The highest BCUT2D eigenvalue weighted by molar-refractivity contribution is 7.92. The Morgan fingerprint density at radius 2 is 1.73 bits per heavy atom. The van der Waals surface area contributed by atoms with Crippen LogP contribution in [0.3, 0.4) is 0 Å². The first-order valence-electron chi connectivity index (χ1n) is 8.01. The molecular weight excluding hydrogens is 376 g/mol. The van der Waals surface area contributed by atoms with Gasteiger partial charge in [-0.2, -0.15) is 0 Å². The van der Waals surface area contributed by atoms with Crippen molar-refractivity contribution < 1.29 is 17.9 Å². The van der Waals surface area contributed by atoms with Crippen LogP contribution in [0, 0.1) is 0 Å². The molecule has 0 saturated heterocycles. The molecule has 140 valence electrons. The molecule has 0 radical (unpaired) electrons. The Labute approximate surface area is 158 Å². The van der Waals surface area contributed by atoms with Crippen molar-refractivity contribution >= 4 is 38.9 Å². The lowest BCUT2D eigenvalue weighted by atomic mass is 10.2. The smallest absolute Gasteiger partial charge is 0.247 e. The van der Waals surface area contributed by atoms with Crippen molar-refractivity contribution in [1.82, 2.24) is 0 Å². The summed E-state index contributed by atoms with van der Waals surface area (Å²) in [7, 11) is -3.67. The molecular formula is C18H21ClN2O4S. The Morgan fingerprint density at radius 3 is 2.23 bits per heavy atom. The first-order chi connectivity index (χ1) is 12.2. The van der Waals surface area contributed by atoms with Gasteiger partial charge >= 0.3 is 0 Å². The van der Waals surface area contributed by atoms with E-state index in [2.05, 4.69) is 5.32 Å². The SMILES string of the molecule is CCOc1ccc(NC(=O)[C@H](C)N(c2ccc(Cl)cc2)S(C)(=O)=O)cc1. The van der Waals surface area contributed by atoms with Gasteiger partial charge in [0, 0.05) is 10.7 Å². The molecule has 0 spiro atoms. The third-order valence-corrected chi connectivity index (χ3v) is 5.10. The van der Waals surface area contributed by atoms with Gasteiger partial charge in [0.25, 0.3) is 0 Å². The molecule has 26 heavy (non-hydrogen) atoms. The molecule has 0 aromatic heterocycles. The monoisotopic (exact) mass is 396 g/mol. The molecule has 1 N–H and O–H groups in total. The molecule has 2 aromatic rings. The summed E-state index contributed by atoms with van der Waals surface area (Å²) in [5.41, 5.74) is 0.918. The number of ether oxygens (including phenoxy) is 1. The first-order valence-corrected chi connectivity index (χ1v) is 10.2. The average molecular weight is 397 g/mol. The zero-order chi connectivity index (χ0) is 19.3. The lowest BCUT2D eigenvalue weighted by molar-refractivity contribution is -0.116. The quantitative estimate of drug-likeness (QED) is 0.776. The Morgan fingerprint density at radius 1 is 1.15 bits per heavy atom. The maximum Gasteiger partial charge on any atom is 0.247 e. The number of benzene rings is 2. The largest absolute Gasteiger partial charge is 0.494 e. The predicted octanol–water partition coefficient (Wildman–Crippen LogP) is 3.53.